The Morgan fingerprint density at radius 1 is 0.792 bits per heavy atom. The molecule has 1 heterocycles. The van der Waals surface area contributed by atoms with Crippen molar-refractivity contribution in [2.75, 3.05) is 39.8 Å². The van der Waals surface area contributed by atoms with Crippen LogP contribution >= 0.6 is 0 Å². The van der Waals surface area contributed by atoms with Crippen LogP contribution in [-0.4, -0.2) is 49.6 Å². The average Bonchev–Trinajstić information content (AvgIpc) is 2.86. The quantitative estimate of drug-likeness (QED) is 0.809. The largest absolute Gasteiger partial charge is 0.497 e. The fourth-order valence-corrected chi connectivity index (χ4v) is 3.33. The third-order valence-electron chi connectivity index (χ3n) is 4.81. The van der Waals surface area contributed by atoms with Gasteiger partial charge in [0, 0.05) is 26.2 Å². The van der Waals surface area contributed by atoms with E-state index in [1.165, 1.54) is 37.2 Å². The van der Waals surface area contributed by atoms with E-state index in [0.29, 0.717) is 0 Å². The predicted molar refractivity (Wildman–Crippen MR) is 99.5 cm³/mol. The first-order valence-electron chi connectivity index (χ1n) is 8.95. The number of methoxy groups -OCH3 is 1. The highest BCUT2D eigenvalue weighted by atomic mass is 16.5. The number of nitrogens with zero attached hydrogens (tertiary/aromatic N) is 2. The molecule has 128 valence electrons. The van der Waals surface area contributed by atoms with Crippen LogP contribution in [-0.2, 0) is 13.0 Å². The number of benzene rings is 2. The number of hydrogen-bond acceptors (Lipinski definition) is 3. The lowest BCUT2D eigenvalue weighted by Crippen LogP contribution is -2.31. The molecule has 3 nitrogen and oxygen atoms in total. The first-order valence-corrected chi connectivity index (χ1v) is 8.95. The van der Waals surface area contributed by atoms with Crippen LogP contribution in [0.5, 0.6) is 5.75 Å². The van der Waals surface area contributed by atoms with E-state index in [1.54, 1.807) is 7.11 Å². The minimum Gasteiger partial charge on any atom is -0.497 e. The van der Waals surface area contributed by atoms with E-state index in [1.807, 2.05) is 0 Å². The summed E-state index contributed by atoms with van der Waals surface area (Å²) >= 11 is 0. The fourth-order valence-electron chi connectivity index (χ4n) is 3.33. The minimum absolute atomic E-state index is 0.935. The van der Waals surface area contributed by atoms with Crippen molar-refractivity contribution >= 4 is 0 Å². The van der Waals surface area contributed by atoms with Crippen LogP contribution in [0.3, 0.4) is 0 Å². The molecule has 3 heteroatoms. The summed E-state index contributed by atoms with van der Waals surface area (Å²) in [7, 11) is 1.72. The molecule has 1 fully saturated rings. The molecule has 0 aliphatic carbocycles. The van der Waals surface area contributed by atoms with E-state index in [2.05, 4.69) is 64.4 Å². The summed E-state index contributed by atoms with van der Waals surface area (Å²) in [6.45, 7) is 6.97. The number of hydrogen-bond donors (Lipinski definition) is 0. The monoisotopic (exact) mass is 324 g/mol. The summed E-state index contributed by atoms with van der Waals surface area (Å²) in [5, 5.41) is 0. The van der Waals surface area contributed by atoms with Crippen LogP contribution in [0.25, 0.3) is 0 Å². The molecule has 0 N–H and O–H groups in total. The SMILES string of the molecule is COc1ccc(CCN2CCCN(Cc3ccccc3)CC2)cc1. The summed E-state index contributed by atoms with van der Waals surface area (Å²) in [5.74, 6) is 0.935. The van der Waals surface area contributed by atoms with Gasteiger partial charge in [-0.25, -0.2) is 0 Å². The molecule has 0 bridgehead atoms. The smallest absolute Gasteiger partial charge is 0.118 e. The molecule has 0 radical (unpaired) electrons. The molecule has 24 heavy (non-hydrogen) atoms. The van der Waals surface area contributed by atoms with Crippen molar-refractivity contribution in [1.29, 1.82) is 0 Å². The highest BCUT2D eigenvalue weighted by Gasteiger charge is 2.14. The minimum atomic E-state index is 0.935. The van der Waals surface area contributed by atoms with Crippen LogP contribution < -0.4 is 4.74 Å². The van der Waals surface area contributed by atoms with Crippen molar-refractivity contribution in [2.24, 2.45) is 0 Å². The molecule has 0 unspecified atom stereocenters. The third-order valence-corrected chi connectivity index (χ3v) is 4.81. The van der Waals surface area contributed by atoms with Crippen LogP contribution in [0.2, 0.25) is 0 Å². The van der Waals surface area contributed by atoms with Crippen molar-refractivity contribution < 1.29 is 4.74 Å². The maximum Gasteiger partial charge on any atom is 0.118 e. The zero-order chi connectivity index (χ0) is 16.6. The molecular weight excluding hydrogens is 296 g/mol. The Balaban J connectivity index is 1.45. The molecule has 1 aliphatic heterocycles. The van der Waals surface area contributed by atoms with Gasteiger partial charge in [0.2, 0.25) is 0 Å². The summed E-state index contributed by atoms with van der Waals surface area (Å²) in [6.07, 6.45) is 2.37. The Bertz CT molecular complexity index is 597. The van der Waals surface area contributed by atoms with Gasteiger partial charge in [0.25, 0.3) is 0 Å². The molecule has 0 aromatic heterocycles. The summed E-state index contributed by atoms with van der Waals surface area (Å²) < 4.78 is 5.22. The topological polar surface area (TPSA) is 15.7 Å². The lowest BCUT2D eigenvalue weighted by molar-refractivity contribution is 0.253. The lowest BCUT2D eigenvalue weighted by atomic mass is 10.1. The Kier molecular flexibility index (Phi) is 6.27. The molecule has 0 atom stereocenters. The molecule has 0 spiro atoms. The van der Waals surface area contributed by atoms with E-state index < -0.39 is 0 Å². The van der Waals surface area contributed by atoms with Crippen molar-refractivity contribution in [3.8, 4) is 5.75 Å². The van der Waals surface area contributed by atoms with Gasteiger partial charge >= 0.3 is 0 Å². The highest BCUT2D eigenvalue weighted by Crippen LogP contribution is 2.13. The van der Waals surface area contributed by atoms with E-state index in [-0.39, 0.29) is 0 Å². The van der Waals surface area contributed by atoms with Crippen LogP contribution in [0.1, 0.15) is 17.5 Å². The normalized spacial score (nSPS) is 16.7. The summed E-state index contributed by atoms with van der Waals surface area (Å²) in [5.41, 5.74) is 2.81. The molecule has 3 rings (SSSR count). The maximum atomic E-state index is 5.22. The second-order valence-electron chi connectivity index (χ2n) is 6.56. The van der Waals surface area contributed by atoms with E-state index in [0.717, 1.165) is 31.8 Å². The molecule has 2 aromatic rings. The van der Waals surface area contributed by atoms with Gasteiger partial charge in [-0.2, -0.15) is 0 Å². The molecule has 0 saturated carbocycles. The van der Waals surface area contributed by atoms with Crippen molar-refractivity contribution in [1.82, 2.24) is 9.80 Å². The average molecular weight is 324 g/mol. The summed E-state index contributed by atoms with van der Waals surface area (Å²) in [4.78, 5) is 5.19. The maximum absolute atomic E-state index is 5.22. The van der Waals surface area contributed by atoms with E-state index in [9.17, 15) is 0 Å². The van der Waals surface area contributed by atoms with Crippen LogP contribution in [0, 0.1) is 0 Å². The Labute approximate surface area is 145 Å². The van der Waals surface area contributed by atoms with Crippen molar-refractivity contribution in [3.05, 3.63) is 65.7 Å². The van der Waals surface area contributed by atoms with Gasteiger partial charge in [-0.15, -0.1) is 0 Å². The van der Waals surface area contributed by atoms with Gasteiger partial charge in [0.15, 0.2) is 0 Å². The third kappa shape index (κ3) is 5.08. The Morgan fingerprint density at radius 3 is 2.25 bits per heavy atom. The molecule has 2 aromatic carbocycles. The van der Waals surface area contributed by atoms with Crippen LogP contribution in [0.4, 0.5) is 0 Å². The lowest BCUT2D eigenvalue weighted by Gasteiger charge is -2.22. The van der Waals surface area contributed by atoms with Gasteiger partial charge in [-0.05, 0) is 49.2 Å². The van der Waals surface area contributed by atoms with Crippen molar-refractivity contribution in [3.63, 3.8) is 0 Å². The molecular formula is C21H28N2O. The molecule has 0 amide bonds. The van der Waals surface area contributed by atoms with E-state index >= 15 is 0 Å². The van der Waals surface area contributed by atoms with Gasteiger partial charge < -0.3 is 9.64 Å². The Hall–Kier alpha value is -1.84. The van der Waals surface area contributed by atoms with E-state index in [4.69, 9.17) is 4.74 Å². The van der Waals surface area contributed by atoms with Crippen molar-refractivity contribution in [2.45, 2.75) is 19.4 Å². The highest BCUT2D eigenvalue weighted by molar-refractivity contribution is 5.27. The number of rotatable bonds is 6. The van der Waals surface area contributed by atoms with Gasteiger partial charge in [0.1, 0.15) is 5.75 Å². The zero-order valence-electron chi connectivity index (χ0n) is 14.7. The van der Waals surface area contributed by atoms with Gasteiger partial charge in [-0.3, -0.25) is 4.90 Å². The second-order valence-corrected chi connectivity index (χ2v) is 6.56. The fraction of sp³-hybridized carbons (Fsp3) is 0.429. The first kappa shape index (κ1) is 17.0. The Morgan fingerprint density at radius 2 is 1.50 bits per heavy atom. The number of ether oxygens (including phenoxy) is 1. The second kappa shape index (κ2) is 8.86. The summed E-state index contributed by atoms with van der Waals surface area (Å²) in [6, 6.07) is 19.3. The standard InChI is InChI=1S/C21H28N2O/c1-24-21-10-8-19(9-11-21)12-15-22-13-5-14-23(17-16-22)18-20-6-3-2-4-7-20/h2-4,6-11H,5,12-18H2,1H3. The van der Waals surface area contributed by atoms with Gasteiger partial charge in [0.05, 0.1) is 7.11 Å². The zero-order valence-corrected chi connectivity index (χ0v) is 14.7. The molecule has 1 saturated heterocycles. The first-order chi connectivity index (χ1) is 11.8. The van der Waals surface area contributed by atoms with Crippen LogP contribution in [0.15, 0.2) is 54.6 Å². The van der Waals surface area contributed by atoms with Gasteiger partial charge in [-0.1, -0.05) is 42.5 Å². The predicted octanol–water partition coefficient (Wildman–Crippen LogP) is 3.45. The molecule has 1 aliphatic rings.